The van der Waals surface area contributed by atoms with Crippen molar-refractivity contribution in [3.05, 3.63) is 75.9 Å². The van der Waals surface area contributed by atoms with Gasteiger partial charge >= 0.3 is 5.69 Å². The molecule has 3 rings (SSSR count). The first-order chi connectivity index (χ1) is 11.6. The summed E-state index contributed by atoms with van der Waals surface area (Å²) in [5, 5.41) is 1.75. The summed E-state index contributed by atoms with van der Waals surface area (Å²) < 4.78 is 1.41. The Labute approximate surface area is 144 Å². The molecule has 0 unspecified atom stereocenters. The van der Waals surface area contributed by atoms with E-state index in [1.54, 1.807) is 24.3 Å². The van der Waals surface area contributed by atoms with Crippen LogP contribution >= 0.6 is 11.6 Å². The minimum atomic E-state index is -0.476. The van der Waals surface area contributed by atoms with E-state index in [1.807, 2.05) is 37.3 Å². The molecular formula is C17H16ClN5O. The maximum absolute atomic E-state index is 12.6. The summed E-state index contributed by atoms with van der Waals surface area (Å²) in [7, 11) is 0. The van der Waals surface area contributed by atoms with Gasteiger partial charge in [0.2, 0.25) is 0 Å². The predicted octanol–water partition coefficient (Wildman–Crippen LogP) is 2.86. The highest BCUT2D eigenvalue weighted by Gasteiger charge is 2.16. The van der Waals surface area contributed by atoms with Crippen LogP contribution in [0.2, 0.25) is 5.02 Å². The van der Waals surface area contributed by atoms with Gasteiger partial charge in [0, 0.05) is 6.42 Å². The summed E-state index contributed by atoms with van der Waals surface area (Å²) >= 11 is 6.21. The molecule has 0 aliphatic carbocycles. The number of benzene rings is 2. The molecule has 1 heterocycles. The quantitative estimate of drug-likeness (QED) is 0.583. The summed E-state index contributed by atoms with van der Waals surface area (Å²) in [6, 6.07) is 16.3. The number of anilines is 2. The van der Waals surface area contributed by atoms with Crippen LogP contribution in [0, 0.1) is 0 Å². The fourth-order valence-electron chi connectivity index (χ4n) is 2.36. The second kappa shape index (κ2) is 6.82. The van der Waals surface area contributed by atoms with Gasteiger partial charge < -0.3 is 0 Å². The maximum atomic E-state index is 12.6. The molecule has 0 atom stereocenters. The van der Waals surface area contributed by atoms with Gasteiger partial charge in [-0.25, -0.2) is 20.2 Å². The first-order valence-corrected chi connectivity index (χ1v) is 7.84. The summed E-state index contributed by atoms with van der Waals surface area (Å²) in [6.07, 6.45) is 0.526. The molecule has 0 spiro atoms. The molecule has 0 bridgehead atoms. The third kappa shape index (κ3) is 3.02. The van der Waals surface area contributed by atoms with E-state index >= 15 is 0 Å². The number of hydrazine groups is 1. The van der Waals surface area contributed by atoms with Gasteiger partial charge in [0.25, 0.3) is 5.95 Å². The third-order valence-electron chi connectivity index (χ3n) is 3.53. The highest BCUT2D eigenvalue weighted by atomic mass is 35.5. The zero-order chi connectivity index (χ0) is 17.1. The van der Waals surface area contributed by atoms with Gasteiger partial charge in [-0.2, -0.15) is 9.97 Å². The lowest BCUT2D eigenvalue weighted by atomic mass is 10.3. The topological polar surface area (TPSA) is 77.0 Å². The molecule has 2 aromatic carbocycles. The van der Waals surface area contributed by atoms with Crippen LogP contribution < -0.4 is 16.5 Å². The van der Waals surface area contributed by atoms with Gasteiger partial charge in [-0.15, -0.1) is 0 Å². The molecule has 2 N–H and O–H groups in total. The van der Waals surface area contributed by atoms with Crippen molar-refractivity contribution >= 4 is 23.2 Å². The highest BCUT2D eigenvalue weighted by molar-refractivity contribution is 6.32. The standard InChI is InChI=1S/C17H16ClN5O/c1-2-15-20-16(23(19)12-8-4-3-5-9-12)21-17(24)22(15)14-11-7-6-10-13(14)18/h3-11H,2,19H2,1H3. The van der Waals surface area contributed by atoms with E-state index in [0.29, 0.717) is 28.6 Å². The predicted molar refractivity (Wildman–Crippen MR) is 94.8 cm³/mol. The molecule has 6 nitrogen and oxygen atoms in total. The van der Waals surface area contributed by atoms with Crippen molar-refractivity contribution in [3.8, 4) is 5.69 Å². The number of hydrogen-bond acceptors (Lipinski definition) is 5. The Morgan fingerprint density at radius 2 is 1.75 bits per heavy atom. The lowest BCUT2D eigenvalue weighted by molar-refractivity contribution is 0.756. The number of rotatable bonds is 4. The Bertz CT molecular complexity index is 910. The Kier molecular flexibility index (Phi) is 4.59. The molecule has 1 aromatic heterocycles. The van der Waals surface area contributed by atoms with Gasteiger partial charge in [-0.05, 0) is 24.3 Å². The van der Waals surface area contributed by atoms with Crippen molar-refractivity contribution in [3.63, 3.8) is 0 Å². The Hall–Kier alpha value is -2.70. The average molecular weight is 342 g/mol. The van der Waals surface area contributed by atoms with Gasteiger partial charge in [0.05, 0.1) is 16.4 Å². The molecule has 122 valence electrons. The SMILES string of the molecule is CCc1nc(N(N)c2ccccc2)nc(=O)n1-c1ccccc1Cl. The normalized spacial score (nSPS) is 10.6. The molecule has 0 radical (unpaired) electrons. The molecule has 0 fully saturated rings. The van der Waals surface area contributed by atoms with Crippen LogP contribution in [0.25, 0.3) is 5.69 Å². The van der Waals surface area contributed by atoms with Gasteiger partial charge in [0.15, 0.2) is 0 Å². The number of nitrogens with two attached hydrogens (primary N) is 1. The summed E-state index contributed by atoms with van der Waals surface area (Å²) in [6.45, 7) is 1.91. The van der Waals surface area contributed by atoms with Crippen LogP contribution in [-0.2, 0) is 6.42 Å². The van der Waals surface area contributed by atoms with Crippen molar-refractivity contribution < 1.29 is 0 Å². The number of aromatic nitrogens is 3. The molecule has 7 heteroatoms. The minimum Gasteiger partial charge on any atom is -0.247 e. The molecule has 0 aliphatic heterocycles. The van der Waals surface area contributed by atoms with E-state index in [1.165, 1.54) is 9.58 Å². The lowest BCUT2D eigenvalue weighted by Crippen LogP contribution is -2.34. The molecule has 0 amide bonds. The van der Waals surface area contributed by atoms with Crippen LogP contribution in [0.15, 0.2) is 59.4 Å². The second-order valence-electron chi connectivity index (χ2n) is 5.07. The Balaban J connectivity index is 2.13. The number of halogens is 1. The number of aryl methyl sites for hydroxylation is 1. The summed E-state index contributed by atoms with van der Waals surface area (Å²) in [4.78, 5) is 21.0. The van der Waals surface area contributed by atoms with Gasteiger partial charge in [0.1, 0.15) is 5.82 Å². The van der Waals surface area contributed by atoms with E-state index in [-0.39, 0.29) is 5.95 Å². The average Bonchev–Trinajstić information content (AvgIpc) is 2.62. The van der Waals surface area contributed by atoms with E-state index in [4.69, 9.17) is 17.4 Å². The van der Waals surface area contributed by atoms with Crippen molar-refractivity contribution in [1.29, 1.82) is 0 Å². The molecular weight excluding hydrogens is 326 g/mol. The van der Waals surface area contributed by atoms with Crippen molar-refractivity contribution in [2.24, 2.45) is 5.84 Å². The van der Waals surface area contributed by atoms with Crippen molar-refractivity contribution in [2.45, 2.75) is 13.3 Å². The molecule has 24 heavy (non-hydrogen) atoms. The van der Waals surface area contributed by atoms with E-state index < -0.39 is 5.69 Å². The monoisotopic (exact) mass is 341 g/mol. The Morgan fingerprint density at radius 3 is 2.42 bits per heavy atom. The third-order valence-corrected chi connectivity index (χ3v) is 3.85. The van der Waals surface area contributed by atoms with E-state index in [2.05, 4.69) is 9.97 Å². The van der Waals surface area contributed by atoms with Crippen molar-refractivity contribution in [2.75, 3.05) is 5.01 Å². The fraction of sp³-hybridized carbons (Fsp3) is 0.118. The summed E-state index contributed by atoms with van der Waals surface area (Å²) in [5.41, 5.74) is 0.765. The number of hydrogen-bond donors (Lipinski definition) is 1. The molecule has 0 saturated heterocycles. The van der Waals surface area contributed by atoms with Crippen molar-refractivity contribution in [1.82, 2.24) is 14.5 Å². The zero-order valence-electron chi connectivity index (χ0n) is 13.1. The number of para-hydroxylation sites is 2. The largest absolute Gasteiger partial charge is 0.356 e. The maximum Gasteiger partial charge on any atom is 0.356 e. The summed E-state index contributed by atoms with van der Waals surface area (Å²) in [5.74, 6) is 6.74. The highest BCUT2D eigenvalue weighted by Crippen LogP contribution is 2.21. The molecule has 0 aliphatic rings. The van der Waals surface area contributed by atoms with E-state index in [9.17, 15) is 4.79 Å². The molecule has 3 aromatic rings. The van der Waals surface area contributed by atoms with Crippen LogP contribution in [0.4, 0.5) is 11.6 Å². The first kappa shape index (κ1) is 16.2. The zero-order valence-corrected chi connectivity index (χ0v) is 13.8. The van der Waals surface area contributed by atoms with Crippen LogP contribution in [0.3, 0.4) is 0 Å². The first-order valence-electron chi connectivity index (χ1n) is 7.46. The van der Waals surface area contributed by atoms with Gasteiger partial charge in [-0.1, -0.05) is 48.9 Å². The van der Waals surface area contributed by atoms with Crippen LogP contribution in [-0.4, -0.2) is 14.5 Å². The molecule has 0 saturated carbocycles. The minimum absolute atomic E-state index is 0.145. The van der Waals surface area contributed by atoms with Gasteiger partial charge in [-0.3, -0.25) is 0 Å². The van der Waals surface area contributed by atoms with Crippen LogP contribution in [0.5, 0.6) is 0 Å². The smallest absolute Gasteiger partial charge is 0.247 e. The Morgan fingerprint density at radius 1 is 1.08 bits per heavy atom. The second-order valence-corrected chi connectivity index (χ2v) is 5.48. The van der Waals surface area contributed by atoms with E-state index in [0.717, 1.165) is 0 Å². The number of nitrogens with zero attached hydrogens (tertiary/aromatic N) is 4. The fourth-order valence-corrected chi connectivity index (χ4v) is 2.58. The van der Waals surface area contributed by atoms with Crippen LogP contribution in [0.1, 0.15) is 12.7 Å². The lowest BCUT2D eigenvalue weighted by Gasteiger charge is -2.18.